The molecule has 4 heteroatoms. The fraction of sp³-hybridized carbons (Fsp3) is 0.846. The highest BCUT2D eigenvalue weighted by Crippen LogP contribution is 2.31. The molecule has 1 N–H and O–H groups in total. The summed E-state index contributed by atoms with van der Waals surface area (Å²) in [6.45, 7) is 11.0. The summed E-state index contributed by atoms with van der Waals surface area (Å²) in [5.41, 5.74) is -0.544. The van der Waals surface area contributed by atoms with Gasteiger partial charge in [-0.25, -0.2) is 0 Å². The molecule has 0 saturated carbocycles. The van der Waals surface area contributed by atoms with Crippen LogP contribution in [0.3, 0.4) is 0 Å². The number of carbonyl (C=O) groups is 2. The normalized spacial score (nSPS) is 27.0. The van der Waals surface area contributed by atoms with Gasteiger partial charge in [-0.15, -0.1) is 0 Å². The third-order valence-corrected chi connectivity index (χ3v) is 3.66. The van der Waals surface area contributed by atoms with Crippen molar-refractivity contribution in [2.45, 2.75) is 34.6 Å². The van der Waals surface area contributed by atoms with E-state index in [9.17, 15) is 14.7 Å². The maximum Gasteiger partial charge on any atom is 0.316 e. The molecule has 1 saturated heterocycles. The van der Waals surface area contributed by atoms with Crippen LogP contribution in [0.15, 0.2) is 0 Å². The van der Waals surface area contributed by atoms with Gasteiger partial charge in [0.05, 0.1) is 0 Å². The predicted molar refractivity (Wildman–Crippen MR) is 65.5 cm³/mol. The minimum Gasteiger partial charge on any atom is -0.481 e. The summed E-state index contributed by atoms with van der Waals surface area (Å²) in [7, 11) is 0. The summed E-state index contributed by atoms with van der Waals surface area (Å²) < 4.78 is 0. The Hall–Kier alpha value is -1.06. The van der Waals surface area contributed by atoms with Gasteiger partial charge in [0.25, 0.3) is 0 Å². The SMILES string of the molecule is CC1CN(C(=O)C(C(=O)O)C(C)(C)C)CC1C. The van der Waals surface area contributed by atoms with Crippen molar-refractivity contribution in [3.63, 3.8) is 0 Å². The smallest absolute Gasteiger partial charge is 0.316 e. The molecule has 1 heterocycles. The fourth-order valence-electron chi connectivity index (χ4n) is 2.34. The number of aliphatic carboxylic acids is 1. The molecule has 0 radical (unpaired) electrons. The number of carboxylic acids is 1. The molecule has 3 unspecified atom stereocenters. The molecule has 1 fully saturated rings. The summed E-state index contributed by atoms with van der Waals surface area (Å²) in [4.78, 5) is 25.2. The van der Waals surface area contributed by atoms with Gasteiger partial charge in [0.1, 0.15) is 5.92 Å². The molecule has 98 valence electrons. The van der Waals surface area contributed by atoms with E-state index in [1.807, 2.05) is 0 Å². The lowest BCUT2D eigenvalue weighted by atomic mass is 9.80. The molecule has 1 rings (SSSR count). The number of carboxylic acid groups (broad SMARTS) is 1. The molecular weight excluding hydrogens is 218 g/mol. The zero-order valence-electron chi connectivity index (χ0n) is 11.4. The zero-order valence-corrected chi connectivity index (χ0v) is 11.4. The van der Waals surface area contributed by atoms with Crippen LogP contribution in [0.5, 0.6) is 0 Å². The number of amides is 1. The van der Waals surface area contributed by atoms with Crippen molar-refractivity contribution < 1.29 is 14.7 Å². The van der Waals surface area contributed by atoms with E-state index >= 15 is 0 Å². The van der Waals surface area contributed by atoms with Crippen molar-refractivity contribution in [1.82, 2.24) is 4.90 Å². The lowest BCUT2D eigenvalue weighted by Crippen LogP contribution is -2.44. The summed E-state index contributed by atoms with van der Waals surface area (Å²) in [6, 6.07) is 0. The van der Waals surface area contributed by atoms with Gasteiger partial charge < -0.3 is 10.0 Å². The van der Waals surface area contributed by atoms with Crippen LogP contribution in [0.25, 0.3) is 0 Å². The van der Waals surface area contributed by atoms with Gasteiger partial charge in [-0.2, -0.15) is 0 Å². The van der Waals surface area contributed by atoms with Crippen LogP contribution in [-0.4, -0.2) is 35.0 Å². The molecule has 0 aromatic rings. The Labute approximate surface area is 103 Å². The lowest BCUT2D eigenvalue weighted by Gasteiger charge is -2.29. The van der Waals surface area contributed by atoms with Gasteiger partial charge >= 0.3 is 5.97 Å². The van der Waals surface area contributed by atoms with Gasteiger partial charge in [0, 0.05) is 13.1 Å². The van der Waals surface area contributed by atoms with Crippen LogP contribution in [0.1, 0.15) is 34.6 Å². The molecule has 1 aliphatic rings. The van der Waals surface area contributed by atoms with E-state index in [0.717, 1.165) is 0 Å². The summed E-state index contributed by atoms with van der Waals surface area (Å²) in [5, 5.41) is 9.22. The van der Waals surface area contributed by atoms with Crippen LogP contribution in [-0.2, 0) is 9.59 Å². The highest BCUT2D eigenvalue weighted by Gasteiger charge is 2.42. The predicted octanol–water partition coefficient (Wildman–Crippen LogP) is 1.85. The Balaban J connectivity index is 2.84. The van der Waals surface area contributed by atoms with Crippen LogP contribution >= 0.6 is 0 Å². The molecule has 0 bridgehead atoms. The first-order valence-electron chi connectivity index (χ1n) is 6.16. The molecule has 0 aromatic carbocycles. The van der Waals surface area contributed by atoms with E-state index in [2.05, 4.69) is 13.8 Å². The minimum atomic E-state index is -1.02. The first kappa shape index (κ1) is 14.0. The second-order valence-corrected chi connectivity index (χ2v) is 6.34. The van der Waals surface area contributed by atoms with Crippen molar-refractivity contribution in [2.24, 2.45) is 23.2 Å². The van der Waals surface area contributed by atoms with E-state index in [-0.39, 0.29) is 5.91 Å². The molecule has 3 atom stereocenters. The van der Waals surface area contributed by atoms with E-state index in [1.54, 1.807) is 25.7 Å². The van der Waals surface area contributed by atoms with Crippen molar-refractivity contribution in [2.75, 3.05) is 13.1 Å². The third kappa shape index (κ3) is 2.99. The second kappa shape index (κ2) is 4.67. The monoisotopic (exact) mass is 241 g/mol. The summed E-state index contributed by atoms with van der Waals surface area (Å²) >= 11 is 0. The number of carbonyl (C=O) groups excluding carboxylic acids is 1. The van der Waals surface area contributed by atoms with E-state index < -0.39 is 17.3 Å². The lowest BCUT2D eigenvalue weighted by molar-refractivity contribution is -0.155. The van der Waals surface area contributed by atoms with Crippen LogP contribution in [0.2, 0.25) is 0 Å². The van der Waals surface area contributed by atoms with Gasteiger partial charge in [-0.3, -0.25) is 9.59 Å². The zero-order chi connectivity index (χ0) is 13.4. The van der Waals surface area contributed by atoms with Crippen molar-refractivity contribution in [3.8, 4) is 0 Å². The van der Waals surface area contributed by atoms with Crippen LogP contribution in [0, 0.1) is 23.2 Å². The van der Waals surface area contributed by atoms with Crippen molar-refractivity contribution in [1.29, 1.82) is 0 Å². The van der Waals surface area contributed by atoms with Gasteiger partial charge in [-0.05, 0) is 17.3 Å². The highest BCUT2D eigenvalue weighted by molar-refractivity contribution is 5.97. The number of hydrogen-bond acceptors (Lipinski definition) is 2. The average Bonchev–Trinajstić information content (AvgIpc) is 2.43. The quantitative estimate of drug-likeness (QED) is 0.751. The molecule has 4 nitrogen and oxygen atoms in total. The summed E-state index contributed by atoms with van der Waals surface area (Å²) in [5.74, 6) is -1.29. The first-order valence-corrected chi connectivity index (χ1v) is 6.16. The molecule has 0 aliphatic carbocycles. The number of likely N-dealkylation sites (tertiary alicyclic amines) is 1. The molecular formula is C13H23NO3. The molecule has 1 aliphatic heterocycles. The van der Waals surface area contributed by atoms with E-state index in [0.29, 0.717) is 24.9 Å². The molecule has 0 aromatic heterocycles. The number of rotatable bonds is 2. The third-order valence-electron chi connectivity index (χ3n) is 3.66. The van der Waals surface area contributed by atoms with Crippen LogP contribution < -0.4 is 0 Å². The maximum atomic E-state index is 12.3. The Kier molecular flexibility index (Phi) is 3.84. The first-order chi connectivity index (χ1) is 7.64. The van der Waals surface area contributed by atoms with Crippen molar-refractivity contribution >= 4 is 11.9 Å². The van der Waals surface area contributed by atoms with E-state index in [1.165, 1.54) is 0 Å². The van der Waals surface area contributed by atoms with Crippen LogP contribution in [0.4, 0.5) is 0 Å². The van der Waals surface area contributed by atoms with Gasteiger partial charge in [-0.1, -0.05) is 34.6 Å². The molecule has 17 heavy (non-hydrogen) atoms. The molecule has 0 spiro atoms. The topological polar surface area (TPSA) is 57.6 Å². The Bertz CT molecular complexity index is 309. The average molecular weight is 241 g/mol. The van der Waals surface area contributed by atoms with E-state index in [4.69, 9.17) is 0 Å². The molecule has 1 amide bonds. The largest absolute Gasteiger partial charge is 0.481 e. The standard InChI is InChI=1S/C13H23NO3/c1-8-6-14(7-9(8)2)11(15)10(12(16)17)13(3,4)5/h8-10H,6-7H2,1-5H3,(H,16,17). The Morgan fingerprint density at radius 2 is 1.59 bits per heavy atom. The summed E-state index contributed by atoms with van der Waals surface area (Å²) in [6.07, 6.45) is 0. The highest BCUT2D eigenvalue weighted by atomic mass is 16.4. The minimum absolute atomic E-state index is 0.235. The second-order valence-electron chi connectivity index (χ2n) is 6.34. The Morgan fingerprint density at radius 1 is 1.18 bits per heavy atom. The van der Waals surface area contributed by atoms with Gasteiger partial charge in [0.15, 0.2) is 0 Å². The maximum absolute atomic E-state index is 12.3. The fourth-order valence-corrected chi connectivity index (χ4v) is 2.34. The van der Waals surface area contributed by atoms with Gasteiger partial charge in [0.2, 0.25) is 5.91 Å². The number of hydrogen-bond donors (Lipinski definition) is 1. The number of nitrogens with zero attached hydrogens (tertiary/aromatic N) is 1. The Morgan fingerprint density at radius 3 is 1.88 bits per heavy atom. The van der Waals surface area contributed by atoms with Crippen molar-refractivity contribution in [3.05, 3.63) is 0 Å².